The van der Waals surface area contributed by atoms with Gasteiger partial charge in [0.25, 0.3) is 5.56 Å². The Bertz CT molecular complexity index is 1920. The summed E-state index contributed by atoms with van der Waals surface area (Å²) in [6, 6.07) is 13.8. The largest absolute Gasteiger partial charge is 0.355 e. The van der Waals surface area contributed by atoms with Crippen molar-refractivity contribution < 1.29 is 18.8 Å². The normalized spacial score (nSPS) is 16.0. The minimum Gasteiger partial charge on any atom is -0.355 e. The highest BCUT2D eigenvalue weighted by Gasteiger charge is 2.51. The molecule has 4 N–H and O–H groups in total. The fourth-order valence-corrected chi connectivity index (χ4v) is 5.74. The van der Waals surface area contributed by atoms with Crippen LogP contribution >= 0.6 is 11.6 Å². The first-order chi connectivity index (χ1) is 21.0. The van der Waals surface area contributed by atoms with E-state index < -0.39 is 22.5 Å². The summed E-state index contributed by atoms with van der Waals surface area (Å²) in [6.07, 6.45) is 4.20. The van der Waals surface area contributed by atoms with Crippen molar-refractivity contribution in [2.24, 2.45) is 0 Å². The van der Waals surface area contributed by atoms with Gasteiger partial charge in [0.2, 0.25) is 17.7 Å². The molecule has 2 aromatic heterocycles. The van der Waals surface area contributed by atoms with E-state index in [0.29, 0.717) is 18.7 Å². The highest BCUT2D eigenvalue weighted by molar-refractivity contribution is 6.33. The fraction of sp³-hybridized carbons (Fsp3) is 0.226. The van der Waals surface area contributed by atoms with Crippen molar-refractivity contribution in [2.45, 2.75) is 38.6 Å². The number of aromatic amines is 1. The summed E-state index contributed by atoms with van der Waals surface area (Å²) in [7, 11) is 0. The number of nitrogens with one attached hydrogen (secondary N) is 4. The Morgan fingerprint density at radius 3 is 2.55 bits per heavy atom. The van der Waals surface area contributed by atoms with Crippen LogP contribution < -0.4 is 27.2 Å². The van der Waals surface area contributed by atoms with Crippen LogP contribution in [0.3, 0.4) is 0 Å². The predicted octanol–water partition coefficient (Wildman–Crippen LogP) is 3.16. The van der Waals surface area contributed by atoms with Gasteiger partial charge < -0.3 is 20.9 Å². The number of pyridine rings is 1. The smallest absolute Gasteiger partial charge is 0.328 e. The molecule has 1 spiro atoms. The molecule has 3 heterocycles. The second kappa shape index (κ2) is 12.3. The first-order valence-corrected chi connectivity index (χ1v) is 14.1. The topological polar surface area (TPSA) is 155 Å². The van der Waals surface area contributed by atoms with Crippen LogP contribution in [-0.2, 0) is 39.2 Å². The molecule has 11 nitrogen and oxygen atoms in total. The number of hydrogen-bond acceptors (Lipinski definition) is 6. The van der Waals surface area contributed by atoms with Crippen molar-refractivity contribution in [1.29, 1.82) is 0 Å². The Kier molecular flexibility index (Phi) is 8.45. The van der Waals surface area contributed by atoms with E-state index >= 15 is 0 Å². The Balaban J connectivity index is 0.000000175. The average molecular weight is 619 g/mol. The zero-order chi connectivity index (χ0) is 31.6. The number of benzene rings is 2. The van der Waals surface area contributed by atoms with E-state index in [2.05, 4.69) is 25.9 Å². The van der Waals surface area contributed by atoms with Gasteiger partial charge in [0, 0.05) is 56.1 Å². The van der Waals surface area contributed by atoms with Crippen molar-refractivity contribution in [2.75, 3.05) is 17.2 Å². The van der Waals surface area contributed by atoms with Crippen molar-refractivity contribution in [3.8, 4) is 11.1 Å². The van der Waals surface area contributed by atoms with Crippen LogP contribution in [0.15, 0.2) is 70.5 Å². The average Bonchev–Trinajstić information content (AvgIpc) is 3.49. The van der Waals surface area contributed by atoms with Crippen molar-refractivity contribution >= 4 is 40.8 Å². The molecule has 0 bridgehead atoms. The number of rotatable bonds is 5. The quantitative estimate of drug-likeness (QED) is 0.269. The number of hydrogen-bond donors (Lipinski definition) is 4. The summed E-state index contributed by atoms with van der Waals surface area (Å²) >= 11 is 5.87. The molecule has 2 aliphatic rings. The minimum atomic E-state index is -0.658. The van der Waals surface area contributed by atoms with E-state index in [1.807, 2.05) is 30.3 Å². The number of H-pyrrole nitrogens is 1. The van der Waals surface area contributed by atoms with Crippen LogP contribution in [0.2, 0.25) is 5.02 Å². The van der Waals surface area contributed by atoms with Crippen LogP contribution in [0.25, 0.3) is 11.1 Å². The van der Waals surface area contributed by atoms with Crippen LogP contribution in [0.1, 0.15) is 30.5 Å². The van der Waals surface area contributed by atoms with Gasteiger partial charge >= 0.3 is 5.69 Å². The number of carbonyl (C=O) groups excluding carboxylic acids is 3. The molecule has 1 atom stereocenters. The summed E-state index contributed by atoms with van der Waals surface area (Å²) in [5.74, 6) is -0.343. The molecule has 6 rings (SSSR count). The molecule has 0 saturated carbocycles. The number of carbonyl (C=O) groups is 3. The maximum atomic E-state index is 13.5. The molecule has 4 aromatic rings. The Labute approximate surface area is 255 Å². The predicted molar refractivity (Wildman–Crippen MR) is 163 cm³/mol. The van der Waals surface area contributed by atoms with Crippen LogP contribution in [0.4, 0.5) is 15.9 Å². The number of amides is 3. The lowest BCUT2D eigenvalue weighted by Crippen LogP contribution is -2.39. The van der Waals surface area contributed by atoms with Gasteiger partial charge in [-0.2, -0.15) is 0 Å². The van der Waals surface area contributed by atoms with E-state index in [4.69, 9.17) is 11.6 Å². The molecule has 0 saturated heterocycles. The molecule has 0 radical (unpaired) electrons. The molecule has 226 valence electrons. The second-order valence-electron chi connectivity index (χ2n) is 10.5. The van der Waals surface area contributed by atoms with Crippen molar-refractivity contribution in [3.63, 3.8) is 0 Å². The molecule has 1 aliphatic heterocycles. The van der Waals surface area contributed by atoms with Gasteiger partial charge in [0.05, 0.1) is 16.0 Å². The molecule has 44 heavy (non-hydrogen) atoms. The van der Waals surface area contributed by atoms with E-state index in [-0.39, 0.29) is 47.0 Å². The van der Waals surface area contributed by atoms with Gasteiger partial charge in [-0.3, -0.25) is 23.7 Å². The molecule has 1 aliphatic carbocycles. The van der Waals surface area contributed by atoms with E-state index in [1.54, 1.807) is 6.20 Å². The number of anilines is 2. The highest BCUT2D eigenvalue weighted by atomic mass is 35.5. The van der Waals surface area contributed by atoms with Crippen molar-refractivity contribution in [1.82, 2.24) is 19.9 Å². The monoisotopic (exact) mass is 618 g/mol. The van der Waals surface area contributed by atoms with Gasteiger partial charge in [0.15, 0.2) is 0 Å². The molecular formula is C31H28ClFN6O5. The third-order valence-electron chi connectivity index (χ3n) is 7.51. The molecular weight excluding hydrogens is 591 g/mol. The standard InChI is InChI=1S/C17H15N3O2.C14H13ClFN3O3/c1-10(21)19-13-5-4-11-8-17(9-12(11)7-13)14-3-2-6-18-15(14)20-16(17)22;1-8(20)17-5-6-19-13(21)10(7-18-14(19)22)9-3-2-4-11(16)12(9)15/h2-7H,8-9H2,1H3,(H,19,21)(H,18,20,22);2-4,7H,5-6H2,1H3,(H,17,20)(H,18,22)/t17-;/m1./s1. The van der Waals surface area contributed by atoms with Crippen LogP contribution in [0, 0.1) is 5.82 Å². The number of fused-ring (bicyclic) bond motifs is 3. The first kappa shape index (κ1) is 30.4. The zero-order valence-corrected chi connectivity index (χ0v) is 24.5. The van der Waals surface area contributed by atoms with Gasteiger partial charge in [-0.15, -0.1) is 0 Å². The molecule has 3 amide bonds. The van der Waals surface area contributed by atoms with Gasteiger partial charge in [-0.25, -0.2) is 14.2 Å². The highest BCUT2D eigenvalue weighted by Crippen LogP contribution is 2.46. The maximum Gasteiger partial charge on any atom is 0.328 e. The Morgan fingerprint density at radius 1 is 1.02 bits per heavy atom. The third kappa shape index (κ3) is 5.88. The fourth-order valence-electron chi connectivity index (χ4n) is 5.51. The molecule has 0 fully saturated rings. The number of halogens is 2. The third-order valence-corrected chi connectivity index (χ3v) is 7.90. The van der Waals surface area contributed by atoms with Gasteiger partial charge in [-0.1, -0.05) is 35.9 Å². The summed E-state index contributed by atoms with van der Waals surface area (Å²) in [6.45, 7) is 2.93. The second-order valence-corrected chi connectivity index (χ2v) is 10.9. The first-order valence-electron chi connectivity index (χ1n) is 13.7. The molecule has 0 unspecified atom stereocenters. The molecule has 13 heteroatoms. The SMILES string of the molecule is CC(=O)NCCn1c(=O)[nH]cc(-c2cccc(F)c2Cl)c1=O.CC(=O)Nc1ccc2c(c1)C[C@@]1(C2)C(=O)Nc2ncccc21. The van der Waals surface area contributed by atoms with Crippen LogP contribution in [0.5, 0.6) is 0 Å². The number of aromatic nitrogens is 3. The Morgan fingerprint density at radius 2 is 1.80 bits per heavy atom. The summed E-state index contributed by atoms with van der Waals surface area (Å²) in [4.78, 5) is 65.4. The minimum absolute atomic E-state index is 0.00544. The van der Waals surface area contributed by atoms with Crippen molar-refractivity contribution in [3.05, 3.63) is 109 Å². The summed E-state index contributed by atoms with van der Waals surface area (Å²) in [5, 5.41) is 7.98. The molecule has 2 aromatic carbocycles. The lowest BCUT2D eigenvalue weighted by molar-refractivity contribution is -0.120. The van der Waals surface area contributed by atoms with E-state index in [1.165, 1.54) is 38.2 Å². The number of nitrogens with zero attached hydrogens (tertiary/aromatic N) is 2. The zero-order valence-electron chi connectivity index (χ0n) is 23.8. The van der Waals surface area contributed by atoms with Gasteiger partial charge in [0.1, 0.15) is 11.6 Å². The van der Waals surface area contributed by atoms with Crippen LogP contribution in [-0.4, -0.2) is 38.8 Å². The lowest BCUT2D eigenvalue weighted by atomic mass is 9.79. The van der Waals surface area contributed by atoms with E-state index in [9.17, 15) is 28.4 Å². The lowest BCUT2D eigenvalue weighted by Gasteiger charge is -2.20. The van der Waals surface area contributed by atoms with Gasteiger partial charge in [-0.05, 0) is 48.2 Å². The maximum absolute atomic E-state index is 13.5. The summed E-state index contributed by atoms with van der Waals surface area (Å²) < 4.78 is 14.4. The van der Waals surface area contributed by atoms with E-state index in [0.717, 1.165) is 26.9 Å². The Hall–Kier alpha value is -5.10. The summed E-state index contributed by atoms with van der Waals surface area (Å²) in [5.41, 5.74) is 2.49.